The minimum atomic E-state index is -0.635. The van der Waals surface area contributed by atoms with E-state index in [1.165, 1.54) is 0 Å². The molecule has 3 heteroatoms. The van der Waals surface area contributed by atoms with E-state index in [1.54, 1.807) is 25.1 Å². The van der Waals surface area contributed by atoms with Crippen LogP contribution in [0.15, 0.2) is 16.5 Å². The molecule has 1 N–H and O–H groups in total. The molecule has 62 valence electrons. The van der Waals surface area contributed by atoms with Gasteiger partial charge in [0.05, 0.1) is 0 Å². The fourth-order valence-electron chi connectivity index (χ4n) is 0.847. The van der Waals surface area contributed by atoms with Crippen molar-refractivity contribution in [3.8, 4) is 0 Å². The molecule has 1 aromatic rings. The maximum Gasteiger partial charge on any atom is 0.165 e. The predicted molar refractivity (Wildman–Crippen MR) is 42.1 cm³/mol. The summed E-state index contributed by atoms with van der Waals surface area (Å²) >= 11 is 0. The molecule has 0 saturated carbocycles. The number of furan rings is 1. The van der Waals surface area contributed by atoms with E-state index in [-0.39, 0.29) is 0 Å². The van der Waals surface area contributed by atoms with Gasteiger partial charge in [0.25, 0.3) is 0 Å². The highest BCUT2D eigenvalue weighted by Gasteiger charge is 2.12. The van der Waals surface area contributed by atoms with Crippen molar-refractivity contribution in [2.45, 2.75) is 13.2 Å². The summed E-state index contributed by atoms with van der Waals surface area (Å²) in [6, 6.07) is 3.61. The van der Waals surface area contributed by atoms with Crippen LogP contribution >= 0.6 is 0 Å². The van der Waals surface area contributed by atoms with Crippen molar-refractivity contribution < 1.29 is 9.52 Å². The van der Waals surface area contributed by atoms with Crippen LogP contribution in [-0.4, -0.2) is 24.1 Å². The first-order valence-corrected chi connectivity index (χ1v) is 3.52. The first-order valence-electron chi connectivity index (χ1n) is 3.52. The summed E-state index contributed by atoms with van der Waals surface area (Å²) < 4.78 is 5.21. The van der Waals surface area contributed by atoms with Gasteiger partial charge in [-0.3, -0.25) is 4.90 Å². The maximum atomic E-state index is 9.44. The molecule has 0 spiro atoms. The third-order valence-electron chi connectivity index (χ3n) is 1.50. The first-order chi connectivity index (χ1) is 5.11. The molecule has 0 radical (unpaired) electrons. The molecule has 0 aliphatic rings. The van der Waals surface area contributed by atoms with Crippen molar-refractivity contribution in [1.82, 2.24) is 4.90 Å². The predicted octanol–water partition coefficient (Wildman–Crippen LogP) is 1.14. The molecule has 3 nitrogen and oxygen atoms in total. The number of nitrogens with zero attached hydrogens (tertiary/aromatic N) is 1. The van der Waals surface area contributed by atoms with Crippen LogP contribution in [0.5, 0.6) is 0 Å². The summed E-state index contributed by atoms with van der Waals surface area (Å²) in [4.78, 5) is 1.68. The van der Waals surface area contributed by atoms with Crippen LogP contribution in [-0.2, 0) is 0 Å². The standard InChI is InChI=1S/C8H13NO2/c1-6-4-5-7(11-6)8(10)9(2)3/h4-5,8,10H,1-3H3. The molecule has 0 fully saturated rings. The van der Waals surface area contributed by atoms with Gasteiger partial charge in [-0.25, -0.2) is 0 Å². The molecule has 0 aromatic carbocycles. The second kappa shape index (κ2) is 3.07. The van der Waals surface area contributed by atoms with Gasteiger partial charge < -0.3 is 9.52 Å². The SMILES string of the molecule is Cc1ccc(C(O)N(C)C)o1. The third kappa shape index (κ3) is 1.82. The minimum absolute atomic E-state index is 0.590. The smallest absolute Gasteiger partial charge is 0.165 e. The van der Waals surface area contributed by atoms with Gasteiger partial charge in [0.15, 0.2) is 6.23 Å². The van der Waals surface area contributed by atoms with Gasteiger partial charge in [0, 0.05) is 0 Å². The summed E-state index contributed by atoms with van der Waals surface area (Å²) in [5.41, 5.74) is 0. The maximum absolute atomic E-state index is 9.44. The van der Waals surface area contributed by atoms with Crippen molar-refractivity contribution in [3.05, 3.63) is 23.7 Å². The zero-order chi connectivity index (χ0) is 8.43. The summed E-state index contributed by atoms with van der Waals surface area (Å²) in [5, 5.41) is 9.44. The Hall–Kier alpha value is -0.800. The largest absolute Gasteiger partial charge is 0.462 e. The molecule has 1 atom stereocenters. The number of hydrogen-bond donors (Lipinski definition) is 1. The topological polar surface area (TPSA) is 36.6 Å². The Morgan fingerprint density at radius 3 is 2.45 bits per heavy atom. The van der Waals surface area contributed by atoms with E-state index in [0.717, 1.165) is 5.76 Å². The quantitative estimate of drug-likeness (QED) is 0.651. The van der Waals surface area contributed by atoms with Crippen molar-refractivity contribution >= 4 is 0 Å². The molecule has 1 aromatic heterocycles. The Bertz CT molecular complexity index is 230. The minimum Gasteiger partial charge on any atom is -0.462 e. The van der Waals surface area contributed by atoms with E-state index in [0.29, 0.717) is 5.76 Å². The average Bonchev–Trinajstić information content (AvgIpc) is 2.34. The Kier molecular flexibility index (Phi) is 2.31. The summed E-state index contributed by atoms with van der Waals surface area (Å²) in [7, 11) is 3.59. The molecule has 0 aliphatic heterocycles. The van der Waals surface area contributed by atoms with Gasteiger partial charge in [0.1, 0.15) is 11.5 Å². The van der Waals surface area contributed by atoms with Gasteiger partial charge >= 0.3 is 0 Å². The van der Waals surface area contributed by atoms with Gasteiger partial charge in [0.2, 0.25) is 0 Å². The first kappa shape index (κ1) is 8.30. The summed E-state index contributed by atoms with van der Waals surface area (Å²) in [6.07, 6.45) is -0.635. The molecule has 1 unspecified atom stereocenters. The van der Waals surface area contributed by atoms with E-state index in [9.17, 15) is 5.11 Å². The lowest BCUT2D eigenvalue weighted by molar-refractivity contribution is 0.0202. The molecule has 0 saturated heterocycles. The van der Waals surface area contributed by atoms with Crippen LogP contribution in [0.3, 0.4) is 0 Å². The van der Waals surface area contributed by atoms with Crippen LogP contribution in [0.2, 0.25) is 0 Å². The highest BCUT2D eigenvalue weighted by Crippen LogP contribution is 2.16. The van der Waals surface area contributed by atoms with Crippen molar-refractivity contribution in [2.75, 3.05) is 14.1 Å². The van der Waals surface area contributed by atoms with E-state index >= 15 is 0 Å². The van der Waals surface area contributed by atoms with Gasteiger partial charge in [-0.2, -0.15) is 0 Å². The lowest BCUT2D eigenvalue weighted by Gasteiger charge is -2.15. The number of aryl methyl sites for hydroxylation is 1. The molecule has 0 aliphatic carbocycles. The summed E-state index contributed by atoms with van der Waals surface area (Å²) in [6.45, 7) is 1.85. The van der Waals surface area contributed by atoms with Gasteiger partial charge in [-0.1, -0.05) is 0 Å². The molecular weight excluding hydrogens is 142 g/mol. The fraction of sp³-hybridized carbons (Fsp3) is 0.500. The fourth-order valence-corrected chi connectivity index (χ4v) is 0.847. The van der Waals surface area contributed by atoms with E-state index in [4.69, 9.17) is 4.42 Å². The van der Waals surface area contributed by atoms with Gasteiger partial charge in [-0.15, -0.1) is 0 Å². The van der Waals surface area contributed by atoms with Crippen LogP contribution in [0.1, 0.15) is 17.7 Å². The molecule has 1 heterocycles. The van der Waals surface area contributed by atoms with Crippen LogP contribution in [0, 0.1) is 6.92 Å². The number of aliphatic hydroxyl groups excluding tert-OH is 1. The lowest BCUT2D eigenvalue weighted by Crippen LogP contribution is -2.18. The zero-order valence-corrected chi connectivity index (χ0v) is 7.03. The normalized spacial score (nSPS) is 13.9. The summed E-state index contributed by atoms with van der Waals surface area (Å²) in [5.74, 6) is 1.41. The number of aliphatic hydroxyl groups is 1. The van der Waals surface area contributed by atoms with Crippen molar-refractivity contribution in [3.63, 3.8) is 0 Å². The lowest BCUT2D eigenvalue weighted by atomic mass is 10.4. The molecule has 0 amide bonds. The number of hydrogen-bond acceptors (Lipinski definition) is 3. The number of rotatable bonds is 2. The van der Waals surface area contributed by atoms with Gasteiger partial charge in [-0.05, 0) is 33.2 Å². The van der Waals surface area contributed by atoms with E-state index in [1.807, 2.05) is 13.0 Å². The third-order valence-corrected chi connectivity index (χ3v) is 1.50. The van der Waals surface area contributed by atoms with Crippen LogP contribution in [0.25, 0.3) is 0 Å². The van der Waals surface area contributed by atoms with Crippen LogP contribution in [0.4, 0.5) is 0 Å². The molecule has 0 bridgehead atoms. The van der Waals surface area contributed by atoms with Crippen LogP contribution < -0.4 is 0 Å². The molecule has 11 heavy (non-hydrogen) atoms. The Balaban J connectivity index is 2.76. The highest BCUT2D eigenvalue weighted by atomic mass is 16.4. The second-order valence-corrected chi connectivity index (χ2v) is 2.79. The highest BCUT2D eigenvalue weighted by molar-refractivity contribution is 5.07. The van der Waals surface area contributed by atoms with E-state index < -0.39 is 6.23 Å². The Morgan fingerprint density at radius 2 is 2.09 bits per heavy atom. The molecular formula is C8H13NO2. The Morgan fingerprint density at radius 1 is 1.45 bits per heavy atom. The molecule has 1 rings (SSSR count). The second-order valence-electron chi connectivity index (χ2n) is 2.79. The monoisotopic (exact) mass is 155 g/mol. The average molecular weight is 155 g/mol. The Labute approximate surface area is 66.2 Å². The van der Waals surface area contributed by atoms with Crippen molar-refractivity contribution in [1.29, 1.82) is 0 Å². The zero-order valence-electron chi connectivity index (χ0n) is 7.03. The van der Waals surface area contributed by atoms with E-state index in [2.05, 4.69) is 0 Å². The van der Waals surface area contributed by atoms with Crippen molar-refractivity contribution in [2.24, 2.45) is 0 Å².